The van der Waals surface area contributed by atoms with Crippen LogP contribution < -0.4 is 4.90 Å². The van der Waals surface area contributed by atoms with Crippen LogP contribution in [0.25, 0.3) is 0 Å². The van der Waals surface area contributed by atoms with Crippen LogP contribution in [0.5, 0.6) is 0 Å². The number of fused-ring (bicyclic) bond motifs is 1. The largest absolute Gasteiger partial charge is 0.481 e. The van der Waals surface area contributed by atoms with Crippen molar-refractivity contribution in [3.05, 3.63) is 33.9 Å². The molecular weight excluding hydrogens is 358 g/mol. The summed E-state index contributed by atoms with van der Waals surface area (Å²) in [4.78, 5) is 28.3. The van der Waals surface area contributed by atoms with Crippen molar-refractivity contribution >= 4 is 17.3 Å². The minimum atomic E-state index is -0.728. The van der Waals surface area contributed by atoms with Crippen molar-refractivity contribution in [2.45, 2.75) is 56.5 Å². The molecule has 0 unspecified atom stereocenters. The van der Waals surface area contributed by atoms with Crippen LogP contribution in [0.15, 0.2) is 18.2 Å². The highest BCUT2D eigenvalue weighted by Crippen LogP contribution is 2.66. The number of carboxylic acid groups (broad SMARTS) is 1. The molecule has 3 aliphatic heterocycles. The summed E-state index contributed by atoms with van der Waals surface area (Å²) < 4.78 is 0. The quantitative estimate of drug-likeness (QED) is 0.636. The smallest absolute Gasteiger partial charge is 0.308 e. The zero-order valence-corrected chi connectivity index (χ0v) is 16.4. The third kappa shape index (κ3) is 1.95. The number of hydrogen-bond acceptors (Lipinski definition) is 5. The van der Waals surface area contributed by atoms with E-state index in [2.05, 4.69) is 16.7 Å². The van der Waals surface area contributed by atoms with Gasteiger partial charge in [-0.05, 0) is 62.2 Å². The number of nitro groups is 1. The molecule has 4 aliphatic rings. The Hall–Kier alpha value is -2.15. The highest BCUT2D eigenvalue weighted by Gasteiger charge is 2.70. The molecule has 7 heteroatoms. The summed E-state index contributed by atoms with van der Waals surface area (Å²) in [6.07, 6.45) is 4.70. The van der Waals surface area contributed by atoms with Crippen molar-refractivity contribution in [3.63, 3.8) is 0 Å². The summed E-state index contributed by atoms with van der Waals surface area (Å²) in [5, 5.41) is 21.7. The van der Waals surface area contributed by atoms with Gasteiger partial charge >= 0.3 is 5.97 Å². The van der Waals surface area contributed by atoms with Gasteiger partial charge in [0.2, 0.25) is 0 Å². The van der Waals surface area contributed by atoms with Crippen molar-refractivity contribution in [3.8, 4) is 0 Å². The molecule has 1 aromatic carbocycles. The molecule has 1 N–H and O–H groups in total. The molecule has 5 atom stereocenters. The van der Waals surface area contributed by atoms with Gasteiger partial charge in [0.05, 0.1) is 16.9 Å². The van der Waals surface area contributed by atoms with Gasteiger partial charge in [-0.15, -0.1) is 0 Å². The number of non-ortho nitro benzene ring substituents is 1. The summed E-state index contributed by atoms with van der Waals surface area (Å²) in [6, 6.07) is 5.26. The van der Waals surface area contributed by atoms with Gasteiger partial charge in [0.1, 0.15) is 0 Å². The van der Waals surface area contributed by atoms with E-state index in [0.717, 1.165) is 50.0 Å². The Morgan fingerprint density at radius 1 is 1.36 bits per heavy atom. The van der Waals surface area contributed by atoms with Crippen molar-refractivity contribution in [2.24, 2.45) is 11.3 Å². The fraction of sp³-hybridized carbons (Fsp3) is 0.667. The Balaban J connectivity index is 1.79. The minimum absolute atomic E-state index is 0.0264. The topological polar surface area (TPSA) is 86.9 Å². The number of carbonyl (C=O) groups is 1. The lowest BCUT2D eigenvalue weighted by molar-refractivity contribution is -0.384. The van der Waals surface area contributed by atoms with E-state index in [1.807, 2.05) is 13.1 Å². The molecule has 150 valence electrons. The number of benzene rings is 1. The molecule has 28 heavy (non-hydrogen) atoms. The second kappa shape index (κ2) is 5.69. The number of aliphatic carboxylic acids is 1. The fourth-order valence-corrected chi connectivity index (χ4v) is 7.56. The van der Waals surface area contributed by atoms with Crippen molar-refractivity contribution < 1.29 is 14.8 Å². The Kier molecular flexibility index (Phi) is 3.64. The zero-order chi connectivity index (χ0) is 19.8. The van der Waals surface area contributed by atoms with E-state index in [9.17, 15) is 20.0 Å². The number of anilines is 1. The average molecular weight is 385 g/mol. The van der Waals surface area contributed by atoms with Gasteiger partial charge in [0.25, 0.3) is 5.69 Å². The minimum Gasteiger partial charge on any atom is -0.481 e. The zero-order valence-electron chi connectivity index (χ0n) is 16.4. The third-order valence-electron chi connectivity index (χ3n) is 8.41. The van der Waals surface area contributed by atoms with Gasteiger partial charge in [-0.2, -0.15) is 0 Å². The first kappa shape index (κ1) is 17.9. The first-order valence-electron chi connectivity index (χ1n) is 10.3. The number of nitrogens with zero attached hydrogens (tertiary/aromatic N) is 3. The Bertz CT molecular complexity index is 873. The van der Waals surface area contributed by atoms with Gasteiger partial charge in [-0.3, -0.25) is 19.8 Å². The van der Waals surface area contributed by atoms with Crippen LogP contribution >= 0.6 is 0 Å². The van der Waals surface area contributed by atoms with Crippen LogP contribution in [0.2, 0.25) is 0 Å². The number of piperidine rings is 1. The van der Waals surface area contributed by atoms with Gasteiger partial charge in [-0.1, -0.05) is 6.92 Å². The van der Waals surface area contributed by atoms with Crippen LogP contribution in [0, 0.1) is 21.4 Å². The lowest BCUT2D eigenvalue weighted by Crippen LogP contribution is -2.68. The molecule has 7 nitrogen and oxygen atoms in total. The predicted molar refractivity (Wildman–Crippen MR) is 105 cm³/mol. The molecule has 1 saturated carbocycles. The van der Waals surface area contributed by atoms with Gasteiger partial charge < -0.3 is 10.0 Å². The summed E-state index contributed by atoms with van der Waals surface area (Å²) in [5.41, 5.74) is 1.72. The Morgan fingerprint density at radius 3 is 2.82 bits per heavy atom. The molecule has 0 bridgehead atoms. The Labute approximate surface area is 164 Å². The van der Waals surface area contributed by atoms with Crippen molar-refractivity contribution in [2.75, 3.05) is 25.0 Å². The predicted octanol–water partition coefficient (Wildman–Crippen LogP) is 3.02. The molecule has 3 fully saturated rings. The molecule has 0 aromatic heterocycles. The highest BCUT2D eigenvalue weighted by molar-refractivity contribution is 5.77. The molecular formula is C21H27N3O4. The molecule has 3 heterocycles. The summed E-state index contributed by atoms with van der Waals surface area (Å²) in [6.45, 7) is 4.19. The molecule has 1 aliphatic carbocycles. The molecule has 1 spiro atoms. The number of likely N-dealkylation sites (N-methyl/N-ethyl adjacent to an activating group) is 1. The third-order valence-corrected chi connectivity index (χ3v) is 8.41. The molecule has 1 aromatic rings. The Morgan fingerprint density at radius 2 is 2.14 bits per heavy atom. The van der Waals surface area contributed by atoms with Crippen LogP contribution in [-0.4, -0.2) is 53.1 Å². The second-order valence-electron chi connectivity index (χ2n) is 9.21. The maximum Gasteiger partial charge on any atom is 0.308 e. The second-order valence-corrected chi connectivity index (χ2v) is 9.21. The van der Waals surface area contributed by atoms with Crippen LogP contribution in [0.4, 0.5) is 11.4 Å². The summed E-state index contributed by atoms with van der Waals surface area (Å²) >= 11 is 0. The summed E-state index contributed by atoms with van der Waals surface area (Å²) in [5.74, 6) is -1.18. The van der Waals surface area contributed by atoms with E-state index in [4.69, 9.17) is 0 Å². The van der Waals surface area contributed by atoms with E-state index in [1.165, 1.54) is 0 Å². The lowest BCUT2D eigenvalue weighted by Gasteiger charge is -2.60. The molecule has 5 rings (SSSR count). The first-order chi connectivity index (χ1) is 13.4. The highest BCUT2D eigenvalue weighted by atomic mass is 16.6. The van der Waals surface area contributed by atoms with Gasteiger partial charge in [-0.25, -0.2) is 0 Å². The first-order valence-corrected chi connectivity index (χ1v) is 10.3. The monoisotopic (exact) mass is 385 g/mol. The number of hydrogen-bond donors (Lipinski definition) is 1. The molecule has 0 radical (unpaired) electrons. The fourth-order valence-electron chi connectivity index (χ4n) is 7.56. The normalized spacial score (nSPS) is 38.6. The van der Waals surface area contributed by atoms with E-state index in [-0.39, 0.29) is 33.5 Å². The number of rotatable bonds is 3. The van der Waals surface area contributed by atoms with E-state index in [0.29, 0.717) is 6.42 Å². The van der Waals surface area contributed by atoms with E-state index >= 15 is 0 Å². The maximum absolute atomic E-state index is 12.4. The van der Waals surface area contributed by atoms with Crippen LogP contribution in [0.1, 0.15) is 44.6 Å². The lowest BCUT2D eigenvalue weighted by atomic mass is 9.49. The van der Waals surface area contributed by atoms with E-state index < -0.39 is 11.9 Å². The SMILES string of the molecule is CC[C@]12CCCN3CC[C@]4(c5cc([N+](=O)[O-])ccc5N(C)[C@H]4[C@@H](C(=O)O)C1)[C@@H]32. The van der Waals surface area contributed by atoms with Gasteiger partial charge in [0, 0.05) is 36.3 Å². The van der Waals surface area contributed by atoms with Gasteiger partial charge in [0.15, 0.2) is 0 Å². The average Bonchev–Trinajstić information content (AvgIpc) is 3.19. The van der Waals surface area contributed by atoms with E-state index in [1.54, 1.807) is 12.1 Å². The molecule has 0 amide bonds. The van der Waals surface area contributed by atoms with Crippen molar-refractivity contribution in [1.29, 1.82) is 0 Å². The standard InChI is InChI=1S/C21H27N3O4/c1-3-20-7-4-9-23-10-8-21(19(20)23)15-11-13(24(27)28)5-6-16(15)22(2)17(21)14(12-20)18(25)26/h5-6,11,14,17,19H,3-4,7-10,12H2,1-2H3,(H,25,26)/t14-,17-,19-,20-,21+/m0/s1. The number of nitro benzene ring substituents is 1. The van der Waals surface area contributed by atoms with Crippen molar-refractivity contribution in [1.82, 2.24) is 4.90 Å². The number of carboxylic acids is 1. The van der Waals surface area contributed by atoms with Crippen LogP contribution in [-0.2, 0) is 10.2 Å². The maximum atomic E-state index is 12.4. The summed E-state index contributed by atoms with van der Waals surface area (Å²) in [7, 11) is 1.98. The van der Waals surface area contributed by atoms with Crippen LogP contribution in [0.3, 0.4) is 0 Å². The molecule has 2 saturated heterocycles.